The average molecular weight is 512 g/mol. The second-order valence-corrected chi connectivity index (χ2v) is 9.36. The van der Waals surface area contributed by atoms with Gasteiger partial charge >= 0.3 is 0 Å². The lowest BCUT2D eigenvalue weighted by Gasteiger charge is -2.12. The summed E-state index contributed by atoms with van der Waals surface area (Å²) in [6.45, 7) is 7.68. The van der Waals surface area contributed by atoms with Gasteiger partial charge in [-0.2, -0.15) is 10.2 Å². The molecule has 38 heavy (non-hydrogen) atoms. The van der Waals surface area contributed by atoms with Gasteiger partial charge in [-0.1, -0.05) is 12.7 Å². The zero-order valence-corrected chi connectivity index (χ0v) is 21.9. The molecule has 9 nitrogen and oxygen atoms in total. The fourth-order valence-electron chi connectivity index (χ4n) is 4.27. The van der Waals surface area contributed by atoms with Crippen molar-refractivity contribution in [2.45, 2.75) is 6.92 Å². The van der Waals surface area contributed by atoms with Crippen LogP contribution in [0.5, 0.6) is 0 Å². The Morgan fingerprint density at radius 3 is 2.82 bits per heavy atom. The van der Waals surface area contributed by atoms with Crippen molar-refractivity contribution in [1.29, 1.82) is 0 Å². The third-order valence-electron chi connectivity index (χ3n) is 6.20. The summed E-state index contributed by atoms with van der Waals surface area (Å²) in [6, 6.07) is 6.70. The number of H-pyrrole nitrogens is 2. The third kappa shape index (κ3) is 5.12. The molecule has 5 rings (SSSR count). The number of imidazole rings is 1. The van der Waals surface area contributed by atoms with E-state index >= 15 is 0 Å². The number of hydrogen-bond acceptors (Lipinski definition) is 6. The highest BCUT2D eigenvalue weighted by Gasteiger charge is 2.16. The highest BCUT2D eigenvalue weighted by molar-refractivity contribution is 5.92. The fourth-order valence-corrected chi connectivity index (χ4v) is 4.27. The van der Waals surface area contributed by atoms with E-state index in [0.717, 1.165) is 33.8 Å². The quantitative estimate of drug-likeness (QED) is 0.296. The molecule has 0 amide bonds. The molecular formula is C28H30FN9. The van der Waals surface area contributed by atoms with Crippen molar-refractivity contribution in [1.82, 2.24) is 39.8 Å². The Bertz CT molecular complexity index is 1740. The van der Waals surface area contributed by atoms with Crippen molar-refractivity contribution in [3.8, 4) is 22.8 Å². The van der Waals surface area contributed by atoms with E-state index in [1.165, 1.54) is 12.1 Å². The molecule has 4 heterocycles. The molecule has 0 aliphatic heterocycles. The Morgan fingerprint density at radius 1 is 1.24 bits per heavy atom. The number of aromatic nitrogens is 7. The number of nitrogens with one attached hydrogen (secondary N) is 3. The van der Waals surface area contributed by atoms with Gasteiger partial charge in [-0.3, -0.25) is 14.8 Å². The maximum absolute atomic E-state index is 14.6. The zero-order valence-electron chi connectivity index (χ0n) is 21.9. The molecule has 0 bridgehead atoms. The van der Waals surface area contributed by atoms with Crippen LogP contribution in [-0.4, -0.2) is 67.0 Å². The number of halogens is 1. The molecule has 0 saturated heterocycles. The van der Waals surface area contributed by atoms with E-state index < -0.39 is 0 Å². The van der Waals surface area contributed by atoms with Gasteiger partial charge in [0.1, 0.15) is 17.0 Å². The molecule has 0 atom stereocenters. The molecule has 194 valence electrons. The molecule has 1 aromatic carbocycles. The van der Waals surface area contributed by atoms with E-state index in [0.29, 0.717) is 40.5 Å². The number of pyridine rings is 1. The summed E-state index contributed by atoms with van der Waals surface area (Å²) in [5.41, 5.74) is 5.70. The molecule has 0 fully saturated rings. The monoisotopic (exact) mass is 511 g/mol. The topological polar surface area (TPSA) is 103 Å². The highest BCUT2D eigenvalue weighted by atomic mass is 19.1. The van der Waals surface area contributed by atoms with Crippen molar-refractivity contribution < 1.29 is 4.39 Å². The number of hydrogen-bond donors (Lipinski definition) is 3. The smallest absolute Gasteiger partial charge is 0.159 e. The fraction of sp³-hybridized carbons (Fsp3) is 0.214. The third-order valence-corrected chi connectivity index (χ3v) is 6.20. The van der Waals surface area contributed by atoms with Gasteiger partial charge in [-0.25, -0.2) is 9.37 Å². The summed E-state index contributed by atoms with van der Waals surface area (Å²) < 4.78 is 16.3. The van der Waals surface area contributed by atoms with E-state index in [4.69, 9.17) is 4.98 Å². The standard InChI is InChI=1S/C28H30FN9/c1-6-23-22(11-17(2)19-15-32-38(5)16-19)26(36-35-23)28-33-24-7-8-31-25(27(24)34-28)18-12-20(29)14-21(13-18)30-9-10-37(3)4/h6-8,11-16,30,35H,2,9-10H2,1,3-5H3,(H,33,34)/b22-11+,23-6+. The van der Waals surface area contributed by atoms with Crippen molar-refractivity contribution in [2.75, 3.05) is 32.5 Å². The lowest BCUT2D eigenvalue weighted by molar-refractivity contribution is 0.425. The first-order chi connectivity index (χ1) is 18.3. The minimum absolute atomic E-state index is 0.342. The lowest BCUT2D eigenvalue weighted by Crippen LogP contribution is -2.23. The number of aromatic amines is 2. The number of likely N-dealkylation sites (N-methyl/N-ethyl adjacent to an activating group) is 1. The first-order valence-corrected chi connectivity index (χ1v) is 12.3. The molecule has 5 aromatic rings. The van der Waals surface area contributed by atoms with E-state index in [2.05, 4.69) is 42.1 Å². The molecule has 0 unspecified atom stereocenters. The Balaban J connectivity index is 1.57. The number of rotatable bonds is 8. The summed E-state index contributed by atoms with van der Waals surface area (Å²) in [4.78, 5) is 14.9. The van der Waals surface area contributed by atoms with Gasteiger partial charge in [0, 0.05) is 54.6 Å². The van der Waals surface area contributed by atoms with Gasteiger partial charge < -0.3 is 15.2 Å². The SMILES string of the molecule is C=C(/C=c1/c(-c2nc3c(-c4cc(F)cc(NCCN(C)C)c4)nccc3[nH]2)n[nH]/c1=C/C)c1cnn(C)c1. The number of anilines is 1. The van der Waals surface area contributed by atoms with E-state index in [1.807, 2.05) is 58.5 Å². The van der Waals surface area contributed by atoms with Gasteiger partial charge in [0.2, 0.25) is 0 Å². The van der Waals surface area contributed by atoms with Crippen molar-refractivity contribution in [2.24, 2.45) is 7.05 Å². The number of fused-ring (bicyclic) bond motifs is 1. The molecule has 0 spiro atoms. The first kappa shape index (κ1) is 25.1. The normalized spacial score (nSPS) is 12.7. The zero-order chi connectivity index (χ0) is 26.8. The van der Waals surface area contributed by atoms with Crippen LogP contribution in [0.1, 0.15) is 12.5 Å². The molecule has 0 aliphatic carbocycles. The van der Waals surface area contributed by atoms with Crippen LogP contribution in [0.4, 0.5) is 10.1 Å². The van der Waals surface area contributed by atoms with Crippen LogP contribution in [0.25, 0.3) is 51.5 Å². The summed E-state index contributed by atoms with van der Waals surface area (Å²) in [6.07, 6.45) is 9.30. The van der Waals surface area contributed by atoms with Gasteiger partial charge in [0.15, 0.2) is 5.82 Å². The van der Waals surface area contributed by atoms with Crippen molar-refractivity contribution in [3.63, 3.8) is 0 Å². The second kappa shape index (κ2) is 10.4. The number of aryl methyl sites for hydroxylation is 1. The predicted molar refractivity (Wildman–Crippen MR) is 150 cm³/mol. The number of benzene rings is 1. The van der Waals surface area contributed by atoms with Crippen LogP contribution in [-0.2, 0) is 7.05 Å². The molecule has 3 N–H and O–H groups in total. The van der Waals surface area contributed by atoms with Crippen molar-refractivity contribution in [3.05, 3.63) is 71.4 Å². The minimum Gasteiger partial charge on any atom is -0.384 e. The minimum atomic E-state index is -0.342. The van der Waals surface area contributed by atoms with Gasteiger partial charge in [-0.05, 0) is 56.9 Å². The predicted octanol–water partition coefficient (Wildman–Crippen LogP) is 3.16. The van der Waals surface area contributed by atoms with Crippen LogP contribution < -0.4 is 15.9 Å². The van der Waals surface area contributed by atoms with Gasteiger partial charge in [0.25, 0.3) is 0 Å². The summed E-state index contributed by atoms with van der Waals surface area (Å²) in [5.74, 6) is 0.232. The Kier molecular flexibility index (Phi) is 6.89. The molecule has 0 radical (unpaired) electrons. The maximum atomic E-state index is 14.6. The van der Waals surface area contributed by atoms with E-state index in [9.17, 15) is 4.39 Å². The average Bonchev–Trinajstić information content (AvgIpc) is 3.61. The molecule has 0 saturated carbocycles. The molecule has 4 aromatic heterocycles. The number of nitrogens with zero attached hydrogens (tertiary/aromatic N) is 6. The highest BCUT2D eigenvalue weighted by Crippen LogP contribution is 2.29. The van der Waals surface area contributed by atoms with Crippen LogP contribution in [0, 0.1) is 5.82 Å². The Hall–Kier alpha value is -4.57. The van der Waals surface area contributed by atoms with E-state index in [1.54, 1.807) is 17.1 Å². The molecule has 10 heteroatoms. The lowest BCUT2D eigenvalue weighted by atomic mass is 10.1. The Morgan fingerprint density at radius 2 is 2.08 bits per heavy atom. The first-order valence-electron chi connectivity index (χ1n) is 12.3. The van der Waals surface area contributed by atoms with Crippen LogP contribution in [0.3, 0.4) is 0 Å². The number of allylic oxidation sites excluding steroid dienone is 1. The van der Waals surface area contributed by atoms with E-state index in [-0.39, 0.29) is 5.82 Å². The Labute approximate surface area is 219 Å². The van der Waals surface area contributed by atoms with Crippen molar-refractivity contribution >= 4 is 34.4 Å². The maximum Gasteiger partial charge on any atom is 0.159 e. The summed E-state index contributed by atoms with van der Waals surface area (Å²) in [7, 11) is 5.86. The van der Waals surface area contributed by atoms with Crippen LogP contribution >= 0.6 is 0 Å². The molecule has 0 aliphatic rings. The van der Waals surface area contributed by atoms with Crippen LogP contribution in [0.15, 0.2) is 49.4 Å². The van der Waals surface area contributed by atoms with Gasteiger partial charge in [0.05, 0.1) is 22.8 Å². The van der Waals surface area contributed by atoms with Crippen LogP contribution in [0.2, 0.25) is 0 Å². The summed E-state index contributed by atoms with van der Waals surface area (Å²) in [5, 5.41) is 16.9. The largest absolute Gasteiger partial charge is 0.384 e. The molecular weight excluding hydrogens is 481 g/mol. The summed E-state index contributed by atoms with van der Waals surface area (Å²) >= 11 is 0. The second-order valence-electron chi connectivity index (χ2n) is 9.36. The van der Waals surface area contributed by atoms with Gasteiger partial charge in [-0.15, -0.1) is 0 Å².